The van der Waals surface area contributed by atoms with E-state index < -0.39 is 33.7 Å². The molecule has 282 valence electrons. The number of hydrogen-bond acceptors (Lipinski definition) is 10. The van der Waals surface area contributed by atoms with Gasteiger partial charge >= 0.3 is 11.9 Å². The Morgan fingerprint density at radius 2 is 1.68 bits per heavy atom. The van der Waals surface area contributed by atoms with Crippen molar-refractivity contribution >= 4 is 27.8 Å². The molecule has 50 heavy (non-hydrogen) atoms. The summed E-state index contributed by atoms with van der Waals surface area (Å²) in [6.45, 7) is 9.40. The van der Waals surface area contributed by atoms with Gasteiger partial charge in [-0.05, 0) is 75.1 Å². The van der Waals surface area contributed by atoms with Crippen molar-refractivity contribution in [2.24, 2.45) is 17.8 Å². The summed E-state index contributed by atoms with van der Waals surface area (Å²) < 4.78 is 54.5. The first-order valence-electron chi connectivity index (χ1n) is 18.7. The number of ketones is 1. The lowest BCUT2D eigenvalue weighted by Gasteiger charge is -2.57. The summed E-state index contributed by atoms with van der Waals surface area (Å²) in [5, 5.41) is -1.95. The molecular weight excluding hydrogens is 662 g/mol. The van der Waals surface area contributed by atoms with Gasteiger partial charge in [-0.1, -0.05) is 72.3 Å². The van der Waals surface area contributed by atoms with Crippen LogP contribution in [0.25, 0.3) is 0 Å². The van der Waals surface area contributed by atoms with E-state index in [1.54, 1.807) is 7.11 Å². The van der Waals surface area contributed by atoms with Gasteiger partial charge in [0.05, 0.1) is 26.7 Å². The summed E-state index contributed by atoms with van der Waals surface area (Å²) in [5.41, 5.74) is 2.57. The highest BCUT2D eigenvalue weighted by molar-refractivity contribution is 7.87. The first-order valence-corrected chi connectivity index (χ1v) is 20.2. The lowest BCUT2D eigenvalue weighted by atomic mass is 9.52. The van der Waals surface area contributed by atoms with Gasteiger partial charge in [-0.15, -0.1) is 0 Å². The minimum Gasteiger partial charge on any atom is -0.493 e. The van der Waals surface area contributed by atoms with E-state index in [-0.39, 0.29) is 42.4 Å². The van der Waals surface area contributed by atoms with Gasteiger partial charge in [-0.25, -0.2) is 0 Å². The molecule has 2 bridgehead atoms. The monoisotopic (exact) mass is 721 g/mol. The van der Waals surface area contributed by atoms with E-state index in [9.17, 15) is 27.4 Å². The van der Waals surface area contributed by atoms with Crippen LogP contribution >= 0.6 is 0 Å². The quantitative estimate of drug-likeness (QED) is 0.147. The molecule has 1 saturated heterocycles. The SMILES string of the molecule is CCCCC(CC)COC(=O)CC(C(=O)OCC(CC)CCCC)S(=O)(=O)O.COc1ccc2c3c1O[C@H]1C(=O)CC[C@H]4[C@@H](C2)N(C)CC[C@]314. The number of ether oxygens (including phenoxy) is 4. The molecule has 0 aromatic heterocycles. The maximum absolute atomic E-state index is 12.6. The molecule has 1 spiro atoms. The van der Waals surface area contributed by atoms with E-state index in [0.717, 1.165) is 88.7 Å². The largest absolute Gasteiger partial charge is 0.493 e. The van der Waals surface area contributed by atoms with Gasteiger partial charge in [0.2, 0.25) is 0 Å². The van der Waals surface area contributed by atoms with Crippen molar-refractivity contribution in [3.05, 3.63) is 23.3 Å². The second kappa shape index (κ2) is 17.7. The van der Waals surface area contributed by atoms with Crippen molar-refractivity contribution in [3.63, 3.8) is 0 Å². The highest BCUT2D eigenvalue weighted by Gasteiger charge is 2.65. The van der Waals surface area contributed by atoms with Crippen molar-refractivity contribution in [1.29, 1.82) is 0 Å². The topological polar surface area (TPSA) is 146 Å². The predicted octanol–water partition coefficient (Wildman–Crippen LogP) is 6.09. The van der Waals surface area contributed by atoms with Gasteiger partial charge in [0.15, 0.2) is 28.6 Å². The molecule has 1 aromatic carbocycles. The van der Waals surface area contributed by atoms with Gasteiger partial charge < -0.3 is 23.8 Å². The van der Waals surface area contributed by atoms with Crippen molar-refractivity contribution in [1.82, 2.24) is 4.90 Å². The summed E-state index contributed by atoms with van der Waals surface area (Å²) in [6.07, 6.45) is 10.2. The third-order valence-corrected chi connectivity index (χ3v) is 12.7. The Morgan fingerprint density at radius 1 is 1.04 bits per heavy atom. The van der Waals surface area contributed by atoms with E-state index in [1.807, 2.05) is 19.9 Å². The van der Waals surface area contributed by atoms with E-state index in [1.165, 1.54) is 11.1 Å². The van der Waals surface area contributed by atoms with Crippen LogP contribution in [0.4, 0.5) is 0 Å². The van der Waals surface area contributed by atoms with Gasteiger partial charge in [-0.2, -0.15) is 8.42 Å². The number of rotatable bonds is 17. The molecule has 3 unspecified atom stereocenters. The Labute approximate surface area is 298 Å². The Bertz CT molecular complexity index is 1450. The minimum absolute atomic E-state index is 0.0747. The smallest absolute Gasteiger partial charge is 0.327 e. The lowest BCUT2D eigenvalue weighted by molar-refractivity contribution is -0.151. The Morgan fingerprint density at radius 3 is 2.26 bits per heavy atom. The van der Waals surface area contributed by atoms with Crippen LogP contribution in [0, 0.1) is 17.8 Å². The number of piperidine rings is 1. The molecular formula is C38H59NO10S. The molecule has 2 fully saturated rings. The highest BCUT2D eigenvalue weighted by atomic mass is 32.2. The molecule has 5 rings (SSSR count). The fourth-order valence-corrected chi connectivity index (χ4v) is 9.15. The molecule has 4 aliphatic rings. The van der Waals surface area contributed by atoms with E-state index in [4.69, 9.17) is 18.9 Å². The number of likely N-dealkylation sites (tertiary alicyclic amines) is 1. The number of nitrogens with zero attached hydrogens (tertiary/aromatic N) is 1. The second-order valence-electron chi connectivity index (χ2n) is 14.6. The molecule has 2 aliphatic heterocycles. The Hall–Kier alpha value is -2.70. The normalized spacial score (nSPS) is 25.3. The average Bonchev–Trinajstić information content (AvgIpc) is 3.45. The van der Waals surface area contributed by atoms with Gasteiger partial charge in [0, 0.05) is 23.4 Å². The Kier molecular flexibility index (Phi) is 14.2. The molecule has 0 radical (unpaired) electrons. The molecule has 0 amide bonds. The fraction of sp³-hybridized carbons (Fsp3) is 0.763. The fourth-order valence-electron chi connectivity index (χ4n) is 8.49. The third kappa shape index (κ3) is 8.66. The molecule has 1 aromatic rings. The number of hydrogen-bond donors (Lipinski definition) is 1. The summed E-state index contributed by atoms with van der Waals surface area (Å²) in [4.78, 5) is 39.3. The number of likely N-dealkylation sites (N-methyl/N-ethyl adjacent to an activating group) is 1. The molecule has 12 heteroatoms. The van der Waals surface area contributed by atoms with Crippen LogP contribution < -0.4 is 9.47 Å². The first kappa shape index (κ1) is 40.1. The summed E-state index contributed by atoms with van der Waals surface area (Å²) in [7, 11) is -0.853. The minimum atomic E-state index is -4.76. The van der Waals surface area contributed by atoms with Crippen LogP contribution in [-0.2, 0) is 45.8 Å². The number of carbonyl (C=O) groups excluding carboxylic acids is 3. The van der Waals surface area contributed by atoms with Crippen LogP contribution in [0.2, 0.25) is 0 Å². The van der Waals surface area contributed by atoms with Gasteiger partial charge in [0.1, 0.15) is 0 Å². The number of carbonyl (C=O) groups is 3. The zero-order chi connectivity index (χ0) is 36.6. The molecule has 1 N–H and O–H groups in total. The standard InChI is InChI=1S/C20H38O7S.C18H21NO3/c1-5-9-11-16(7-3)14-26-19(21)13-18(28(23,24)25)20(22)27-15-17(8-4)12-10-6-2;1-19-8-7-18-11-4-5-13(20)17(18)22-16-14(21-2)6-3-10(15(16)18)9-12(11)19/h16-18H,5-15H2,1-4H3,(H,23,24,25);3,6,11-12,17H,4-5,7-9H2,1-2H3/t;11-,12+,17-,18-/m.0/s1. The molecule has 2 heterocycles. The number of esters is 2. The first-order chi connectivity index (χ1) is 23.9. The van der Waals surface area contributed by atoms with Crippen molar-refractivity contribution in [3.8, 4) is 11.5 Å². The van der Waals surface area contributed by atoms with Crippen molar-refractivity contribution in [2.45, 2.75) is 134 Å². The lowest BCUT2D eigenvalue weighted by Crippen LogP contribution is -2.65. The van der Waals surface area contributed by atoms with E-state index >= 15 is 0 Å². The van der Waals surface area contributed by atoms with Crippen LogP contribution in [0.1, 0.15) is 116 Å². The summed E-state index contributed by atoms with van der Waals surface area (Å²) >= 11 is 0. The molecule has 1 saturated carbocycles. The zero-order valence-corrected chi connectivity index (χ0v) is 31.7. The van der Waals surface area contributed by atoms with Crippen LogP contribution in [-0.4, -0.2) is 86.9 Å². The van der Waals surface area contributed by atoms with Crippen LogP contribution in [0.5, 0.6) is 11.5 Å². The second-order valence-corrected chi connectivity index (χ2v) is 16.2. The average molecular weight is 722 g/mol. The molecule has 2 aliphatic carbocycles. The number of Topliss-reactive ketones (excluding diaryl/α,β-unsaturated/α-hetero) is 1. The number of methoxy groups -OCH3 is 1. The van der Waals surface area contributed by atoms with Crippen LogP contribution in [0.15, 0.2) is 12.1 Å². The van der Waals surface area contributed by atoms with Crippen LogP contribution in [0.3, 0.4) is 0 Å². The predicted molar refractivity (Wildman–Crippen MR) is 190 cm³/mol. The number of benzene rings is 1. The van der Waals surface area contributed by atoms with Gasteiger partial charge in [0.25, 0.3) is 10.1 Å². The molecule has 11 nitrogen and oxygen atoms in total. The third-order valence-electron chi connectivity index (χ3n) is 11.6. The maximum Gasteiger partial charge on any atom is 0.327 e. The van der Waals surface area contributed by atoms with E-state index in [2.05, 4.69) is 31.9 Å². The maximum atomic E-state index is 12.6. The van der Waals surface area contributed by atoms with E-state index in [0.29, 0.717) is 18.4 Å². The molecule has 7 atom stereocenters. The Balaban J connectivity index is 0.000000229. The number of unbranched alkanes of at least 4 members (excludes halogenated alkanes) is 2. The van der Waals surface area contributed by atoms with Crippen molar-refractivity contribution < 1.29 is 46.3 Å². The summed E-state index contributed by atoms with van der Waals surface area (Å²) in [6, 6.07) is 4.73. The summed E-state index contributed by atoms with van der Waals surface area (Å²) in [5.74, 6) is 0.853. The van der Waals surface area contributed by atoms with Crippen molar-refractivity contribution in [2.75, 3.05) is 33.9 Å². The zero-order valence-electron chi connectivity index (χ0n) is 30.9. The van der Waals surface area contributed by atoms with Gasteiger partial charge in [-0.3, -0.25) is 18.9 Å². The highest BCUT2D eigenvalue weighted by Crippen LogP contribution is 2.63.